The van der Waals surface area contributed by atoms with Gasteiger partial charge in [0.2, 0.25) is 0 Å². The van der Waals surface area contributed by atoms with Crippen molar-refractivity contribution in [3.63, 3.8) is 0 Å². The average molecular weight is 301 g/mol. The molecular weight excluding hydrogens is 288 g/mol. The molecule has 0 spiro atoms. The Morgan fingerprint density at radius 3 is 2.67 bits per heavy atom. The fourth-order valence-corrected chi connectivity index (χ4v) is 2.38. The molecule has 2 N–H and O–H groups in total. The van der Waals surface area contributed by atoms with E-state index < -0.39 is 0 Å². The molecule has 1 aromatic heterocycles. The van der Waals surface area contributed by atoms with Crippen LogP contribution in [0.2, 0.25) is 0 Å². The number of aromatic amines is 1. The van der Waals surface area contributed by atoms with Crippen molar-refractivity contribution in [1.82, 2.24) is 4.98 Å². The first-order chi connectivity index (χ1) is 8.81. The van der Waals surface area contributed by atoms with Crippen molar-refractivity contribution in [2.24, 2.45) is 0 Å². The lowest BCUT2D eigenvalue weighted by Gasteiger charge is -2.07. The van der Waals surface area contributed by atoms with E-state index in [4.69, 9.17) is 0 Å². The standard InChI is InChI=1S/C15H13BrN2/c16-13-5-3-12-9-14(6-4-11(12)8-13)18-10-15-2-1-7-17-15/h1-9,17-18H,10H2. The van der Waals surface area contributed by atoms with Gasteiger partial charge in [-0.05, 0) is 47.2 Å². The first kappa shape index (κ1) is 11.4. The molecule has 3 aromatic rings. The van der Waals surface area contributed by atoms with Crippen molar-refractivity contribution in [1.29, 1.82) is 0 Å². The molecule has 0 aliphatic carbocycles. The van der Waals surface area contributed by atoms with Gasteiger partial charge in [-0.1, -0.05) is 28.1 Å². The molecule has 0 aliphatic rings. The van der Waals surface area contributed by atoms with Crippen molar-refractivity contribution in [3.05, 3.63) is 64.9 Å². The fourth-order valence-electron chi connectivity index (χ4n) is 2.00. The third-order valence-electron chi connectivity index (χ3n) is 2.95. The van der Waals surface area contributed by atoms with Crippen LogP contribution in [0.5, 0.6) is 0 Å². The van der Waals surface area contributed by atoms with Gasteiger partial charge in [-0.25, -0.2) is 0 Å². The highest BCUT2D eigenvalue weighted by atomic mass is 79.9. The highest BCUT2D eigenvalue weighted by Crippen LogP contribution is 2.23. The predicted octanol–water partition coefficient (Wildman–Crippen LogP) is 4.54. The molecule has 2 aromatic carbocycles. The Bertz CT molecular complexity index is 659. The second kappa shape index (κ2) is 4.86. The van der Waals surface area contributed by atoms with E-state index in [0.29, 0.717) is 0 Å². The van der Waals surface area contributed by atoms with E-state index in [1.165, 1.54) is 16.5 Å². The number of nitrogens with one attached hydrogen (secondary N) is 2. The zero-order valence-electron chi connectivity index (χ0n) is 9.78. The van der Waals surface area contributed by atoms with E-state index in [0.717, 1.165) is 16.7 Å². The normalized spacial score (nSPS) is 10.7. The number of hydrogen-bond acceptors (Lipinski definition) is 1. The first-order valence-electron chi connectivity index (χ1n) is 5.87. The van der Waals surface area contributed by atoms with Gasteiger partial charge in [0, 0.05) is 22.1 Å². The molecule has 1 heterocycles. The first-order valence-corrected chi connectivity index (χ1v) is 6.66. The fraction of sp³-hybridized carbons (Fsp3) is 0.0667. The summed E-state index contributed by atoms with van der Waals surface area (Å²) in [5, 5.41) is 5.90. The Hall–Kier alpha value is -1.74. The largest absolute Gasteiger partial charge is 0.379 e. The summed E-state index contributed by atoms with van der Waals surface area (Å²) in [7, 11) is 0. The number of aromatic nitrogens is 1. The van der Waals surface area contributed by atoms with Gasteiger partial charge >= 0.3 is 0 Å². The van der Waals surface area contributed by atoms with Crippen LogP contribution >= 0.6 is 15.9 Å². The van der Waals surface area contributed by atoms with Gasteiger partial charge in [-0.3, -0.25) is 0 Å². The minimum atomic E-state index is 0.815. The summed E-state index contributed by atoms with van der Waals surface area (Å²) in [5.74, 6) is 0. The van der Waals surface area contributed by atoms with E-state index in [1.807, 2.05) is 12.3 Å². The molecule has 18 heavy (non-hydrogen) atoms. The number of halogens is 1. The SMILES string of the molecule is Brc1ccc2cc(NCc3ccc[nH]3)ccc2c1. The molecule has 90 valence electrons. The minimum Gasteiger partial charge on any atom is -0.379 e. The molecule has 0 atom stereocenters. The number of hydrogen-bond donors (Lipinski definition) is 2. The van der Waals surface area contributed by atoms with Crippen molar-refractivity contribution < 1.29 is 0 Å². The minimum absolute atomic E-state index is 0.815. The maximum absolute atomic E-state index is 3.49. The van der Waals surface area contributed by atoms with Crippen LogP contribution in [0.4, 0.5) is 5.69 Å². The van der Waals surface area contributed by atoms with E-state index in [-0.39, 0.29) is 0 Å². The molecule has 0 amide bonds. The van der Waals surface area contributed by atoms with Gasteiger partial charge in [0.1, 0.15) is 0 Å². The van der Waals surface area contributed by atoms with Gasteiger partial charge in [0.05, 0.1) is 6.54 Å². The van der Waals surface area contributed by atoms with Crippen LogP contribution in [0.25, 0.3) is 10.8 Å². The highest BCUT2D eigenvalue weighted by Gasteiger charge is 1.98. The predicted molar refractivity (Wildman–Crippen MR) is 79.8 cm³/mol. The molecule has 3 heteroatoms. The van der Waals surface area contributed by atoms with Crippen LogP contribution in [0.3, 0.4) is 0 Å². The van der Waals surface area contributed by atoms with Crippen LogP contribution in [-0.2, 0) is 6.54 Å². The summed E-state index contributed by atoms with van der Waals surface area (Å²) in [6.07, 6.45) is 1.94. The number of rotatable bonds is 3. The van der Waals surface area contributed by atoms with Gasteiger partial charge in [-0.2, -0.15) is 0 Å². The maximum atomic E-state index is 3.49. The van der Waals surface area contributed by atoms with E-state index in [9.17, 15) is 0 Å². The highest BCUT2D eigenvalue weighted by molar-refractivity contribution is 9.10. The van der Waals surface area contributed by atoms with Crippen molar-refractivity contribution >= 4 is 32.4 Å². The summed E-state index contributed by atoms with van der Waals surface area (Å²) < 4.78 is 1.11. The van der Waals surface area contributed by atoms with Crippen molar-refractivity contribution in [3.8, 4) is 0 Å². The summed E-state index contributed by atoms with van der Waals surface area (Å²) in [4.78, 5) is 3.18. The molecule has 0 radical (unpaired) electrons. The third kappa shape index (κ3) is 2.41. The van der Waals surface area contributed by atoms with Gasteiger partial charge in [-0.15, -0.1) is 0 Å². The summed E-state index contributed by atoms with van der Waals surface area (Å²) in [6, 6.07) is 16.8. The van der Waals surface area contributed by atoms with Gasteiger partial charge in [0.25, 0.3) is 0 Å². The zero-order valence-corrected chi connectivity index (χ0v) is 11.4. The maximum Gasteiger partial charge on any atom is 0.0551 e. The van der Waals surface area contributed by atoms with Crippen molar-refractivity contribution in [2.45, 2.75) is 6.54 Å². The monoisotopic (exact) mass is 300 g/mol. The number of H-pyrrole nitrogens is 1. The van der Waals surface area contributed by atoms with Crippen LogP contribution in [0.1, 0.15) is 5.69 Å². The lowest BCUT2D eigenvalue weighted by molar-refractivity contribution is 1.08. The Kier molecular flexibility index (Phi) is 3.07. The Labute approximate surface area is 114 Å². The molecule has 0 saturated carbocycles. The molecule has 2 nitrogen and oxygen atoms in total. The Morgan fingerprint density at radius 2 is 1.83 bits per heavy atom. The molecule has 0 saturated heterocycles. The zero-order chi connectivity index (χ0) is 12.4. The molecule has 3 rings (SSSR count). The van der Waals surface area contributed by atoms with Gasteiger partial charge in [0.15, 0.2) is 0 Å². The van der Waals surface area contributed by atoms with E-state index in [1.54, 1.807) is 0 Å². The Morgan fingerprint density at radius 1 is 1.00 bits per heavy atom. The van der Waals surface area contributed by atoms with Crippen LogP contribution in [0.15, 0.2) is 59.2 Å². The molecule has 0 aliphatic heterocycles. The molecule has 0 bridgehead atoms. The molecule has 0 fully saturated rings. The Balaban J connectivity index is 1.82. The summed E-state index contributed by atoms with van der Waals surface area (Å²) in [5.41, 5.74) is 2.32. The molecular formula is C15H13BrN2. The van der Waals surface area contributed by atoms with Gasteiger partial charge < -0.3 is 10.3 Å². The smallest absolute Gasteiger partial charge is 0.0551 e. The second-order valence-electron chi connectivity index (χ2n) is 4.26. The van der Waals surface area contributed by atoms with E-state index in [2.05, 4.69) is 68.7 Å². The third-order valence-corrected chi connectivity index (χ3v) is 3.44. The van der Waals surface area contributed by atoms with Crippen molar-refractivity contribution in [2.75, 3.05) is 5.32 Å². The lowest BCUT2D eigenvalue weighted by atomic mass is 10.1. The number of benzene rings is 2. The number of fused-ring (bicyclic) bond motifs is 1. The second-order valence-corrected chi connectivity index (χ2v) is 5.17. The number of anilines is 1. The van der Waals surface area contributed by atoms with Crippen LogP contribution in [0, 0.1) is 0 Å². The quantitative estimate of drug-likeness (QED) is 0.730. The molecule has 0 unspecified atom stereocenters. The van der Waals surface area contributed by atoms with E-state index >= 15 is 0 Å². The average Bonchev–Trinajstić information content (AvgIpc) is 2.89. The summed E-state index contributed by atoms with van der Waals surface area (Å²) in [6.45, 7) is 0.815. The summed E-state index contributed by atoms with van der Waals surface area (Å²) >= 11 is 3.49. The lowest BCUT2D eigenvalue weighted by Crippen LogP contribution is -1.99. The topological polar surface area (TPSA) is 27.8 Å². The van der Waals surface area contributed by atoms with Crippen LogP contribution < -0.4 is 5.32 Å². The van der Waals surface area contributed by atoms with Crippen LogP contribution in [-0.4, -0.2) is 4.98 Å².